The summed E-state index contributed by atoms with van der Waals surface area (Å²) in [4.78, 5) is 19.3. The average molecular weight is 464 g/mol. The van der Waals surface area contributed by atoms with Crippen molar-refractivity contribution in [2.45, 2.75) is 31.9 Å². The number of allylic oxidation sites excluding steroid dienone is 1. The molecule has 1 saturated heterocycles. The number of carbonyl (C=O) groups excluding carboxylic acids is 1. The van der Waals surface area contributed by atoms with E-state index in [0.717, 1.165) is 24.2 Å². The zero-order chi connectivity index (χ0) is 23.7. The van der Waals surface area contributed by atoms with Gasteiger partial charge in [-0.3, -0.25) is 4.90 Å². The molecule has 176 valence electrons. The number of nitrogens with zero attached hydrogens (tertiary/aromatic N) is 3. The van der Waals surface area contributed by atoms with Crippen molar-refractivity contribution in [2.24, 2.45) is 0 Å². The molecule has 34 heavy (non-hydrogen) atoms. The number of aromatic nitrogens is 2. The molecule has 0 spiro atoms. The lowest BCUT2D eigenvalue weighted by Gasteiger charge is -2.36. The first-order chi connectivity index (χ1) is 16.5. The molecular weight excluding hydrogens is 439 g/mol. The van der Waals surface area contributed by atoms with Gasteiger partial charge < -0.3 is 19.3 Å². The van der Waals surface area contributed by atoms with Gasteiger partial charge in [-0.1, -0.05) is 17.3 Å². The summed E-state index contributed by atoms with van der Waals surface area (Å²) in [6.07, 6.45) is 1.82. The standard InChI is InChI=1S/C25H25FN4O4/c1-15-21(24-28-23(29-34-24)16-8-10-19(32-2)11-9-16)22(17-5-3-6-18(26)13-17)27-25(31)30(15)14-20-7-4-12-33-20/h3,5-6,8-11,13,20,22H,4,7,12,14H2,1-2H3,(H,27,31). The van der Waals surface area contributed by atoms with Crippen LogP contribution in [-0.4, -0.2) is 47.4 Å². The molecule has 1 aromatic heterocycles. The van der Waals surface area contributed by atoms with Crippen molar-refractivity contribution in [3.05, 3.63) is 71.5 Å². The summed E-state index contributed by atoms with van der Waals surface area (Å²) in [6, 6.07) is 12.5. The van der Waals surface area contributed by atoms with Crippen molar-refractivity contribution in [1.82, 2.24) is 20.4 Å². The van der Waals surface area contributed by atoms with Gasteiger partial charge in [-0.2, -0.15) is 4.98 Å². The molecule has 9 heteroatoms. The SMILES string of the molecule is COc1ccc(-c2noc(C3=C(C)N(CC4CCCO4)C(=O)NC3c3cccc(F)c3)n2)cc1. The number of benzene rings is 2. The van der Waals surface area contributed by atoms with E-state index >= 15 is 0 Å². The normalized spacial score (nSPS) is 20.6. The zero-order valence-electron chi connectivity index (χ0n) is 19.0. The van der Waals surface area contributed by atoms with Crippen molar-refractivity contribution in [1.29, 1.82) is 0 Å². The van der Waals surface area contributed by atoms with Crippen LogP contribution in [0.2, 0.25) is 0 Å². The number of methoxy groups -OCH3 is 1. The van der Waals surface area contributed by atoms with E-state index in [-0.39, 0.29) is 18.0 Å². The van der Waals surface area contributed by atoms with Gasteiger partial charge in [-0.25, -0.2) is 9.18 Å². The van der Waals surface area contributed by atoms with Gasteiger partial charge in [0.15, 0.2) is 0 Å². The lowest BCUT2D eigenvalue weighted by molar-refractivity contribution is 0.0877. The molecule has 0 radical (unpaired) electrons. The number of carbonyl (C=O) groups is 1. The van der Waals surface area contributed by atoms with Crippen molar-refractivity contribution >= 4 is 11.6 Å². The number of amides is 2. The van der Waals surface area contributed by atoms with E-state index in [1.807, 2.05) is 31.2 Å². The van der Waals surface area contributed by atoms with Crippen LogP contribution in [0.3, 0.4) is 0 Å². The molecule has 8 nitrogen and oxygen atoms in total. The van der Waals surface area contributed by atoms with Crippen LogP contribution in [0.15, 0.2) is 58.8 Å². The van der Waals surface area contributed by atoms with Gasteiger partial charge in [0.25, 0.3) is 5.89 Å². The van der Waals surface area contributed by atoms with Crippen LogP contribution in [0.4, 0.5) is 9.18 Å². The van der Waals surface area contributed by atoms with Gasteiger partial charge >= 0.3 is 6.03 Å². The molecule has 2 aliphatic rings. The Hall–Kier alpha value is -3.72. The third kappa shape index (κ3) is 4.26. The zero-order valence-corrected chi connectivity index (χ0v) is 19.0. The summed E-state index contributed by atoms with van der Waals surface area (Å²) in [6.45, 7) is 2.94. The Kier molecular flexibility index (Phi) is 6.02. The number of rotatable bonds is 6. The molecule has 2 atom stereocenters. The molecule has 1 N–H and O–H groups in total. The molecule has 0 bridgehead atoms. The van der Waals surface area contributed by atoms with Crippen molar-refractivity contribution in [2.75, 3.05) is 20.3 Å². The average Bonchev–Trinajstić information content (AvgIpc) is 3.54. The molecule has 0 saturated carbocycles. The highest BCUT2D eigenvalue weighted by Gasteiger charge is 2.37. The van der Waals surface area contributed by atoms with Gasteiger partial charge in [0, 0.05) is 17.9 Å². The lowest BCUT2D eigenvalue weighted by Crippen LogP contribution is -2.48. The maximum absolute atomic E-state index is 14.1. The summed E-state index contributed by atoms with van der Waals surface area (Å²) in [5.41, 5.74) is 2.63. The van der Waals surface area contributed by atoms with E-state index < -0.39 is 11.9 Å². The van der Waals surface area contributed by atoms with Gasteiger partial charge in [-0.05, 0) is 61.7 Å². The molecule has 1 fully saturated rings. The monoisotopic (exact) mass is 464 g/mol. The van der Waals surface area contributed by atoms with E-state index in [0.29, 0.717) is 35.8 Å². The van der Waals surface area contributed by atoms with E-state index in [1.54, 1.807) is 24.1 Å². The predicted molar refractivity (Wildman–Crippen MR) is 122 cm³/mol. The van der Waals surface area contributed by atoms with Crippen LogP contribution in [0.1, 0.15) is 37.3 Å². The predicted octanol–water partition coefficient (Wildman–Crippen LogP) is 4.56. The number of nitrogens with one attached hydrogen (secondary N) is 1. The van der Waals surface area contributed by atoms with E-state index in [4.69, 9.17) is 14.0 Å². The van der Waals surface area contributed by atoms with Crippen LogP contribution >= 0.6 is 0 Å². The van der Waals surface area contributed by atoms with Crippen molar-refractivity contribution in [3.63, 3.8) is 0 Å². The topological polar surface area (TPSA) is 89.7 Å². The first kappa shape index (κ1) is 22.1. The smallest absolute Gasteiger partial charge is 0.322 e. The van der Waals surface area contributed by atoms with Crippen LogP contribution in [0, 0.1) is 5.82 Å². The fraction of sp³-hybridized carbons (Fsp3) is 0.320. The third-order valence-electron chi connectivity index (χ3n) is 6.19. The Morgan fingerprint density at radius 2 is 2.06 bits per heavy atom. The Morgan fingerprint density at radius 3 is 2.76 bits per heavy atom. The molecule has 0 aliphatic carbocycles. The highest BCUT2D eigenvalue weighted by atomic mass is 19.1. The van der Waals surface area contributed by atoms with Gasteiger partial charge in [0.2, 0.25) is 5.82 Å². The van der Waals surface area contributed by atoms with Crippen LogP contribution in [0.25, 0.3) is 17.0 Å². The molecule has 2 aromatic carbocycles. The van der Waals surface area contributed by atoms with Gasteiger partial charge in [0.05, 0.1) is 31.4 Å². The van der Waals surface area contributed by atoms with Crippen molar-refractivity contribution in [3.8, 4) is 17.1 Å². The second-order valence-electron chi connectivity index (χ2n) is 8.33. The highest BCUT2D eigenvalue weighted by molar-refractivity contribution is 5.87. The lowest BCUT2D eigenvalue weighted by atomic mass is 9.94. The minimum Gasteiger partial charge on any atom is -0.497 e. The minimum atomic E-state index is -0.645. The highest BCUT2D eigenvalue weighted by Crippen LogP contribution is 2.38. The summed E-state index contributed by atoms with van der Waals surface area (Å²) >= 11 is 0. The quantitative estimate of drug-likeness (QED) is 0.575. The molecule has 2 unspecified atom stereocenters. The third-order valence-corrected chi connectivity index (χ3v) is 6.19. The Balaban J connectivity index is 1.55. The maximum Gasteiger partial charge on any atom is 0.322 e. The minimum absolute atomic E-state index is 0.0368. The first-order valence-corrected chi connectivity index (χ1v) is 11.2. The van der Waals surface area contributed by atoms with Gasteiger partial charge in [-0.15, -0.1) is 0 Å². The Morgan fingerprint density at radius 1 is 1.24 bits per heavy atom. The maximum atomic E-state index is 14.1. The van der Waals surface area contributed by atoms with Crippen LogP contribution in [0.5, 0.6) is 5.75 Å². The van der Waals surface area contributed by atoms with E-state index in [2.05, 4.69) is 15.5 Å². The Bertz CT molecular complexity index is 1220. The Labute approximate surface area is 196 Å². The molecule has 2 aliphatic heterocycles. The number of hydrogen-bond acceptors (Lipinski definition) is 6. The summed E-state index contributed by atoms with van der Waals surface area (Å²) in [5, 5.41) is 7.14. The number of ether oxygens (including phenoxy) is 2. The van der Waals surface area contributed by atoms with Crippen LogP contribution < -0.4 is 10.1 Å². The number of halogens is 1. The molecule has 3 aromatic rings. The van der Waals surface area contributed by atoms with E-state index in [1.165, 1.54) is 12.1 Å². The largest absolute Gasteiger partial charge is 0.497 e. The molecule has 5 rings (SSSR count). The summed E-state index contributed by atoms with van der Waals surface area (Å²) in [5.74, 6) is 0.986. The fourth-order valence-electron chi connectivity index (χ4n) is 4.40. The summed E-state index contributed by atoms with van der Waals surface area (Å²) in [7, 11) is 1.60. The summed E-state index contributed by atoms with van der Waals surface area (Å²) < 4.78 is 30.7. The molecule has 3 heterocycles. The second kappa shape index (κ2) is 9.26. The van der Waals surface area contributed by atoms with E-state index in [9.17, 15) is 9.18 Å². The van der Waals surface area contributed by atoms with Gasteiger partial charge in [0.1, 0.15) is 11.6 Å². The number of urea groups is 1. The first-order valence-electron chi connectivity index (χ1n) is 11.2. The van der Waals surface area contributed by atoms with Crippen LogP contribution in [-0.2, 0) is 4.74 Å². The molecule has 2 amide bonds. The fourth-order valence-corrected chi connectivity index (χ4v) is 4.40. The second-order valence-corrected chi connectivity index (χ2v) is 8.33. The number of hydrogen-bond donors (Lipinski definition) is 1. The molecular formula is C25H25FN4O4. The van der Waals surface area contributed by atoms with Crippen molar-refractivity contribution < 1.29 is 23.2 Å².